The number of carbonyl (C=O) groups is 2. The predicted molar refractivity (Wildman–Crippen MR) is 64.0 cm³/mol. The summed E-state index contributed by atoms with van der Waals surface area (Å²) in [4.78, 5) is 21.6. The predicted octanol–water partition coefficient (Wildman–Crippen LogP) is 1.70. The highest BCUT2D eigenvalue weighted by atomic mass is 16.5. The fourth-order valence-electron chi connectivity index (χ4n) is 0.977. The minimum Gasteiger partial charge on any atom is -0.466 e. The molecular weight excluding hydrogens is 220 g/mol. The maximum absolute atomic E-state index is 11.0. The van der Waals surface area contributed by atoms with Crippen molar-refractivity contribution in [1.82, 2.24) is 0 Å². The zero-order valence-electron chi connectivity index (χ0n) is 10.3. The van der Waals surface area contributed by atoms with Crippen molar-refractivity contribution in [3.63, 3.8) is 0 Å². The molecule has 0 aromatic carbocycles. The Morgan fingerprint density at radius 3 is 2.65 bits per heavy atom. The Morgan fingerprint density at radius 1 is 1.41 bits per heavy atom. The van der Waals surface area contributed by atoms with Crippen LogP contribution in [0.5, 0.6) is 0 Å². The smallest absolute Gasteiger partial charge is 0.306 e. The SMILES string of the molecule is C=CC(C#CCCC(=O)OCC)COC(C)=O. The van der Waals surface area contributed by atoms with Crippen molar-refractivity contribution in [1.29, 1.82) is 0 Å². The molecule has 4 heteroatoms. The van der Waals surface area contributed by atoms with Gasteiger partial charge in [-0.05, 0) is 6.92 Å². The minimum atomic E-state index is -0.342. The van der Waals surface area contributed by atoms with E-state index in [0.717, 1.165) is 0 Å². The number of hydrogen-bond donors (Lipinski definition) is 0. The molecule has 0 N–H and O–H groups in total. The third kappa shape index (κ3) is 9.19. The molecule has 0 bridgehead atoms. The molecule has 4 nitrogen and oxygen atoms in total. The second-order valence-electron chi connectivity index (χ2n) is 3.27. The van der Waals surface area contributed by atoms with Crippen molar-refractivity contribution >= 4 is 11.9 Å². The summed E-state index contributed by atoms with van der Waals surface area (Å²) in [5, 5.41) is 0. The summed E-state index contributed by atoms with van der Waals surface area (Å²) < 4.78 is 9.57. The highest BCUT2D eigenvalue weighted by molar-refractivity contribution is 5.69. The van der Waals surface area contributed by atoms with Gasteiger partial charge in [0.05, 0.1) is 18.9 Å². The number of carbonyl (C=O) groups excluding carboxylic acids is 2. The summed E-state index contributed by atoms with van der Waals surface area (Å²) >= 11 is 0. The van der Waals surface area contributed by atoms with Gasteiger partial charge in [0.15, 0.2) is 0 Å². The van der Waals surface area contributed by atoms with Crippen LogP contribution in [0.1, 0.15) is 26.7 Å². The molecule has 1 unspecified atom stereocenters. The highest BCUT2D eigenvalue weighted by Gasteiger charge is 2.02. The fourth-order valence-corrected chi connectivity index (χ4v) is 0.977. The molecule has 0 spiro atoms. The molecule has 0 rings (SSSR count). The van der Waals surface area contributed by atoms with Gasteiger partial charge in [-0.25, -0.2) is 0 Å². The minimum absolute atomic E-state index is 0.193. The van der Waals surface area contributed by atoms with Gasteiger partial charge in [0.25, 0.3) is 0 Å². The van der Waals surface area contributed by atoms with Crippen LogP contribution in [0.2, 0.25) is 0 Å². The number of rotatable bonds is 6. The standard InChI is InChI=1S/C13H18O4/c1-4-12(10-17-11(3)14)8-6-7-9-13(15)16-5-2/h4,12H,1,5,7,9-10H2,2-3H3. The Morgan fingerprint density at radius 2 is 2.12 bits per heavy atom. The molecule has 1 atom stereocenters. The first-order chi connectivity index (χ1) is 8.10. The van der Waals surface area contributed by atoms with Gasteiger partial charge >= 0.3 is 11.9 Å². The lowest BCUT2D eigenvalue weighted by molar-refractivity contribution is -0.143. The van der Waals surface area contributed by atoms with Crippen LogP contribution < -0.4 is 0 Å². The third-order valence-electron chi connectivity index (χ3n) is 1.80. The second kappa shape index (κ2) is 9.46. The molecular formula is C13H18O4. The van der Waals surface area contributed by atoms with Crippen LogP contribution in [0.4, 0.5) is 0 Å². The van der Waals surface area contributed by atoms with Gasteiger partial charge < -0.3 is 9.47 Å². The zero-order chi connectivity index (χ0) is 13.1. The Hall–Kier alpha value is -1.76. The molecule has 0 saturated carbocycles. The van der Waals surface area contributed by atoms with Gasteiger partial charge in [-0.1, -0.05) is 12.0 Å². The van der Waals surface area contributed by atoms with Crippen molar-refractivity contribution in [3.8, 4) is 11.8 Å². The average molecular weight is 238 g/mol. The second-order valence-corrected chi connectivity index (χ2v) is 3.27. The van der Waals surface area contributed by atoms with Crippen molar-refractivity contribution < 1.29 is 19.1 Å². The van der Waals surface area contributed by atoms with Crippen LogP contribution in [0.25, 0.3) is 0 Å². The molecule has 0 saturated heterocycles. The Labute approximate surface area is 102 Å². The van der Waals surface area contributed by atoms with Crippen LogP contribution in [0.15, 0.2) is 12.7 Å². The fraction of sp³-hybridized carbons (Fsp3) is 0.538. The molecule has 0 heterocycles. The lowest BCUT2D eigenvalue weighted by Crippen LogP contribution is -2.08. The van der Waals surface area contributed by atoms with Gasteiger partial charge in [-0.2, -0.15) is 0 Å². The first kappa shape index (κ1) is 15.2. The Balaban J connectivity index is 3.91. The van der Waals surface area contributed by atoms with Crippen LogP contribution in [-0.4, -0.2) is 25.2 Å². The topological polar surface area (TPSA) is 52.6 Å². The molecule has 0 aliphatic carbocycles. The Bertz CT molecular complexity index is 322. The van der Waals surface area contributed by atoms with Gasteiger partial charge in [-0.15, -0.1) is 12.5 Å². The van der Waals surface area contributed by atoms with E-state index in [-0.39, 0.29) is 30.9 Å². The van der Waals surface area contributed by atoms with Crippen molar-refractivity contribution in [2.45, 2.75) is 26.7 Å². The van der Waals surface area contributed by atoms with Crippen molar-refractivity contribution in [2.75, 3.05) is 13.2 Å². The lowest BCUT2D eigenvalue weighted by atomic mass is 10.1. The van der Waals surface area contributed by atoms with Crippen LogP contribution in [-0.2, 0) is 19.1 Å². The number of esters is 2. The maximum atomic E-state index is 11.0. The van der Waals surface area contributed by atoms with Crippen LogP contribution in [0, 0.1) is 17.8 Å². The van der Waals surface area contributed by atoms with E-state index < -0.39 is 0 Å². The molecule has 0 aliphatic rings. The first-order valence-electron chi connectivity index (χ1n) is 5.50. The molecule has 0 amide bonds. The molecule has 0 fully saturated rings. The normalized spacial score (nSPS) is 10.7. The largest absolute Gasteiger partial charge is 0.466 e. The third-order valence-corrected chi connectivity index (χ3v) is 1.80. The van der Waals surface area contributed by atoms with E-state index in [1.807, 2.05) is 0 Å². The van der Waals surface area contributed by atoms with Crippen molar-refractivity contribution in [3.05, 3.63) is 12.7 Å². The maximum Gasteiger partial charge on any atom is 0.306 e. The number of hydrogen-bond acceptors (Lipinski definition) is 4. The van der Waals surface area contributed by atoms with E-state index >= 15 is 0 Å². The zero-order valence-corrected chi connectivity index (χ0v) is 10.3. The molecule has 0 radical (unpaired) electrons. The molecule has 0 aliphatic heterocycles. The van der Waals surface area contributed by atoms with E-state index in [9.17, 15) is 9.59 Å². The highest BCUT2D eigenvalue weighted by Crippen LogP contribution is 1.98. The van der Waals surface area contributed by atoms with E-state index in [2.05, 4.69) is 18.4 Å². The summed E-state index contributed by atoms with van der Waals surface area (Å²) in [6, 6.07) is 0. The molecule has 0 aromatic heterocycles. The monoisotopic (exact) mass is 238 g/mol. The quantitative estimate of drug-likeness (QED) is 0.401. The summed E-state index contributed by atoms with van der Waals surface area (Å²) in [6.45, 7) is 7.28. The van der Waals surface area contributed by atoms with Crippen molar-refractivity contribution in [2.24, 2.45) is 5.92 Å². The summed E-state index contributed by atoms with van der Waals surface area (Å²) in [7, 11) is 0. The summed E-state index contributed by atoms with van der Waals surface area (Å²) in [5.74, 6) is 4.92. The van der Waals surface area contributed by atoms with E-state index in [1.54, 1.807) is 13.0 Å². The molecule has 17 heavy (non-hydrogen) atoms. The van der Waals surface area contributed by atoms with Gasteiger partial charge in [0.2, 0.25) is 0 Å². The van der Waals surface area contributed by atoms with Crippen LogP contribution in [0.3, 0.4) is 0 Å². The summed E-state index contributed by atoms with van der Waals surface area (Å²) in [6.07, 6.45) is 2.32. The van der Waals surface area contributed by atoms with Gasteiger partial charge in [0, 0.05) is 13.3 Å². The van der Waals surface area contributed by atoms with E-state index in [4.69, 9.17) is 9.47 Å². The Kier molecular flexibility index (Phi) is 8.48. The molecule has 94 valence electrons. The van der Waals surface area contributed by atoms with Crippen LogP contribution >= 0.6 is 0 Å². The molecule has 0 aromatic rings. The van der Waals surface area contributed by atoms with Gasteiger partial charge in [-0.3, -0.25) is 9.59 Å². The number of ether oxygens (including phenoxy) is 2. The summed E-state index contributed by atoms with van der Waals surface area (Å²) in [5.41, 5.74) is 0. The lowest BCUT2D eigenvalue weighted by Gasteiger charge is -2.04. The van der Waals surface area contributed by atoms with E-state index in [0.29, 0.717) is 13.0 Å². The average Bonchev–Trinajstić information content (AvgIpc) is 2.28. The van der Waals surface area contributed by atoms with Gasteiger partial charge in [0.1, 0.15) is 6.61 Å². The first-order valence-corrected chi connectivity index (χ1v) is 5.50. The van der Waals surface area contributed by atoms with E-state index in [1.165, 1.54) is 6.92 Å².